The molecule has 3 nitrogen and oxygen atoms in total. The maximum absolute atomic E-state index is 5.56. The molecule has 0 aliphatic heterocycles. The van der Waals surface area contributed by atoms with Gasteiger partial charge in [0.15, 0.2) is 0 Å². The van der Waals surface area contributed by atoms with Crippen molar-refractivity contribution in [3.8, 4) is 17.6 Å². The second-order valence-electron chi connectivity index (χ2n) is 3.17. The summed E-state index contributed by atoms with van der Waals surface area (Å²) in [7, 11) is 3.53. The summed E-state index contributed by atoms with van der Waals surface area (Å²) in [5.41, 5.74) is 0.911. The van der Waals surface area contributed by atoms with Gasteiger partial charge >= 0.3 is 0 Å². The number of hydrogen-bond acceptors (Lipinski definition) is 3. The smallest absolute Gasteiger partial charge is 0.135 e. The highest BCUT2D eigenvalue weighted by molar-refractivity contribution is 5.45. The second kappa shape index (κ2) is 7.75. The monoisotopic (exact) mass is 219 g/mol. The van der Waals surface area contributed by atoms with Gasteiger partial charge in [-0.15, -0.1) is 0 Å². The van der Waals surface area contributed by atoms with Gasteiger partial charge in [-0.3, -0.25) is 0 Å². The molecule has 0 aliphatic rings. The number of hydrogen-bond donors (Lipinski definition) is 1. The van der Waals surface area contributed by atoms with Gasteiger partial charge in [0.05, 0.1) is 18.7 Å². The third kappa shape index (κ3) is 4.35. The van der Waals surface area contributed by atoms with Crippen molar-refractivity contribution >= 4 is 0 Å². The highest BCUT2D eigenvalue weighted by Crippen LogP contribution is 2.16. The fourth-order valence-corrected chi connectivity index (χ4v) is 1.16. The van der Waals surface area contributed by atoms with Crippen LogP contribution in [0, 0.1) is 11.8 Å². The van der Waals surface area contributed by atoms with Gasteiger partial charge in [0.1, 0.15) is 12.4 Å². The van der Waals surface area contributed by atoms with E-state index in [1.165, 1.54) is 0 Å². The van der Waals surface area contributed by atoms with Crippen LogP contribution in [0.5, 0.6) is 5.75 Å². The molecule has 1 N–H and O–H groups in total. The van der Waals surface area contributed by atoms with E-state index in [4.69, 9.17) is 9.47 Å². The van der Waals surface area contributed by atoms with Crippen LogP contribution < -0.4 is 10.1 Å². The first-order valence-corrected chi connectivity index (χ1v) is 5.22. The molecular formula is C13H17NO2. The van der Waals surface area contributed by atoms with E-state index in [0.29, 0.717) is 19.8 Å². The molecule has 1 aromatic rings. The number of methoxy groups -OCH3 is 1. The summed E-state index contributed by atoms with van der Waals surface area (Å²) in [6, 6.07) is 7.75. The highest BCUT2D eigenvalue weighted by Gasteiger charge is 1.98. The Bertz CT molecular complexity index is 366. The van der Waals surface area contributed by atoms with Crippen molar-refractivity contribution in [1.82, 2.24) is 5.32 Å². The fraction of sp³-hybridized carbons (Fsp3) is 0.385. The Balaban J connectivity index is 2.65. The molecule has 1 aromatic carbocycles. The van der Waals surface area contributed by atoms with Gasteiger partial charge in [0.2, 0.25) is 0 Å². The first kappa shape index (κ1) is 12.6. The van der Waals surface area contributed by atoms with Crippen LogP contribution in [-0.4, -0.2) is 33.9 Å². The summed E-state index contributed by atoms with van der Waals surface area (Å²) in [5.74, 6) is 6.88. The average Bonchev–Trinajstić information content (AvgIpc) is 2.32. The highest BCUT2D eigenvalue weighted by atomic mass is 16.5. The lowest BCUT2D eigenvalue weighted by Gasteiger charge is -2.06. The summed E-state index contributed by atoms with van der Waals surface area (Å²) < 4.78 is 10.5. The Hall–Kier alpha value is -1.50. The molecule has 86 valence electrons. The minimum atomic E-state index is 0.543. The van der Waals surface area contributed by atoms with Crippen molar-refractivity contribution < 1.29 is 9.47 Å². The standard InChI is InChI=1S/C13H17NO2/c1-14-9-5-7-12-6-3-4-8-13(12)16-11-10-15-2/h3-4,6,8,14H,9-11H2,1-2H3. The lowest BCUT2D eigenvalue weighted by molar-refractivity contribution is 0.146. The minimum Gasteiger partial charge on any atom is -0.490 e. The molecule has 0 radical (unpaired) electrons. The van der Waals surface area contributed by atoms with Crippen molar-refractivity contribution in [2.75, 3.05) is 33.9 Å². The average molecular weight is 219 g/mol. The molecule has 16 heavy (non-hydrogen) atoms. The second-order valence-corrected chi connectivity index (χ2v) is 3.17. The number of nitrogens with one attached hydrogen (secondary N) is 1. The van der Waals surface area contributed by atoms with Crippen LogP contribution in [0.2, 0.25) is 0 Å². The largest absolute Gasteiger partial charge is 0.490 e. The maximum atomic E-state index is 5.56. The van der Waals surface area contributed by atoms with E-state index in [1.54, 1.807) is 7.11 Å². The lowest BCUT2D eigenvalue weighted by Crippen LogP contribution is -2.06. The van der Waals surface area contributed by atoms with Gasteiger partial charge in [-0.05, 0) is 19.2 Å². The SMILES string of the molecule is CNCC#Cc1ccccc1OCCOC. The summed E-state index contributed by atoms with van der Waals surface area (Å²) >= 11 is 0. The number of para-hydroxylation sites is 1. The van der Waals surface area contributed by atoms with E-state index in [-0.39, 0.29) is 0 Å². The lowest BCUT2D eigenvalue weighted by atomic mass is 10.2. The Morgan fingerprint density at radius 1 is 1.25 bits per heavy atom. The predicted molar refractivity (Wildman–Crippen MR) is 64.6 cm³/mol. The van der Waals surface area contributed by atoms with Crippen LogP contribution in [0.4, 0.5) is 0 Å². The first-order chi connectivity index (χ1) is 7.88. The molecule has 0 aromatic heterocycles. The van der Waals surface area contributed by atoms with E-state index in [1.807, 2.05) is 31.3 Å². The van der Waals surface area contributed by atoms with Gasteiger partial charge in [0, 0.05) is 7.11 Å². The summed E-state index contributed by atoms with van der Waals surface area (Å²) in [6.45, 7) is 1.80. The van der Waals surface area contributed by atoms with Crippen LogP contribution in [-0.2, 0) is 4.74 Å². The van der Waals surface area contributed by atoms with Crippen molar-refractivity contribution in [2.45, 2.75) is 0 Å². The molecule has 0 amide bonds. The zero-order chi connectivity index (χ0) is 11.6. The molecule has 0 bridgehead atoms. The number of ether oxygens (including phenoxy) is 2. The third-order valence-electron chi connectivity index (χ3n) is 1.92. The van der Waals surface area contributed by atoms with Crippen LogP contribution in [0.15, 0.2) is 24.3 Å². The molecule has 0 saturated carbocycles. The normalized spacial score (nSPS) is 9.38. The van der Waals surface area contributed by atoms with Crippen molar-refractivity contribution in [3.05, 3.63) is 29.8 Å². The fourth-order valence-electron chi connectivity index (χ4n) is 1.16. The number of rotatable bonds is 5. The van der Waals surface area contributed by atoms with Crippen molar-refractivity contribution in [2.24, 2.45) is 0 Å². The third-order valence-corrected chi connectivity index (χ3v) is 1.92. The van der Waals surface area contributed by atoms with Gasteiger partial charge in [0.25, 0.3) is 0 Å². The molecule has 0 aliphatic carbocycles. The quantitative estimate of drug-likeness (QED) is 0.598. The molecule has 3 heteroatoms. The van der Waals surface area contributed by atoms with E-state index in [0.717, 1.165) is 11.3 Å². The Labute approximate surface area is 96.8 Å². The van der Waals surface area contributed by atoms with Crippen LogP contribution in [0.3, 0.4) is 0 Å². The van der Waals surface area contributed by atoms with Gasteiger partial charge in [-0.1, -0.05) is 24.0 Å². The van der Waals surface area contributed by atoms with Crippen LogP contribution >= 0.6 is 0 Å². The Kier molecular flexibility index (Phi) is 6.09. The summed E-state index contributed by atoms with van der Waals surface area (Å²) in [4.78, 5) is 0. The number of benzene rings is 1. The van der Waals surface area contributed by atoms with Gasteiger partial charge < -0.3 is 14.8 Å². The van der Waals surface area contributed by atoms with Crippen LogP contribution in [0.25, 0.3) is 0 Å². The van der Waals surface area contributed by atoms with Gasteiger partial charge in [-0.25, -0.2) is 0 Å². The minimum absolute atomic E-state index is 0.543. The molecule has 0 unspecified atom stereocenters. The summed E-state index contributed by atoms with van der Waals surface area (Å²) in [5, 5.41) is 2.98. The molecule has 0 saturated heterocycles. The molecule has 0 atom stereocenters. The molecule has 1 rings (SSSR count). The maximum Gasteiger partial charge on any atom is 0.135 e. The predicted octanol–water partition coefficient (Wildman–Crippen LogP) is 1.28. The van der Waals surface area contributed by atoms with E-state index in [9.17, 15) is 0 Å². The molecular weight excluding hydrogens is 202 g/mol. The van der Waals surface area contributed by atoms with Crippen molar-refractivity contribution in [1.29, 1.82) is 0 Å². The first-order valence-electron chi connectivity index (χ1n) is 5.22. The van der Waals surface area contributed by atoms with E-state index < -0.39 is 0 Å². The van der Waals surface area contributed by atoms with Gasteiger partial charge in [-0.2, -0.15) is 0 Å². The van der Waals surface area contributed by atoms with E-state index in [2.05, 4.69) is 17.2 Å². The Morgan fingerprint density at radius 2 is 2.06 bits per heavy atom. The zero-order valence-corrected chi connectivity index (χ0v) is 9.75. The van der Waals surface area contributed by atoms with Crippen LogP contribution in [0.1, 0.15) is 5.56 Å². The molecule has 0 fully saturated rings. The van der Waals surface area contributed by atoms with E-state index >= 15 is 0 Å². The summed E-state index contributed by atoms with van der Waals surface area (Å²) in [6.07, 6.45) is 0. The van der Waals surface area contributed by atoms with Crippen molar-refractivity contribution in [3.63, 3.8) is 0 Å². The Morgan fingerprint density at radius 3 is 2.81 bits per heavy atom. The molecule has 0 heterocycles. The topological polar surface area (TPSA) is 30.5 Å². The zero-order valence-electron chi connectivity index (χ0n) is 9.75. The molecule has 0 spiro atoms.